The maximum Gasteiger partial charge on any atom is 0.243 e. The van der Waals surface area contributed by atoms with E-state index in [0.717, 1.165) is 36.1 Å². The summed E-state index contributed by atoms with van der Waals surface area (Å²) in [4.78, 5) is 5.65. The van der Waals surface area contributed by atoms with E-state index in [1.165, 1.54) is 11.3 Å². The lowest BCUT2D eigenvalue weighted by atomic mass is 10.0. The Kier molecular flexibility index (Phi) is 5.85. The lowest BCUT2D eigenvalue weighted by molar-refractivity contribution is 0.268. The van der Waals surface area contributed by atoms with Crippen LogP contribution in [0.5, 0.6) is 0 Å². The number of rotatable bonds is 7. The van der Waals surface area contributed by atoms with Crippen LogP contribution in [0.4, 0.5) is 0 Å². The summed E-state index contributed by atoms with van der Waals surface area (Å²) in [5.41, 5.74) is 1.12. The Morgan fingerprint density at radius 1 is 1.17 bits per heavy atom. The monoisotopic (exact) mass is 431 g/mol. The molecule has 2 heterocycles. The summed E-state index contributed by atoms with van der Waals surface area (Å²) in [6.07, 6.45) is 3.78. The van der Waals surface area contributed by atoms with Gasteiger partial charge in [0.2, 0.25) is 21.7 Å². The molecule has 0 unspecified atom stereocenters. The van der Waals surface area contributed by atoms with Gasteiger partial charge in [0.1, 0.15) is 0 Å². The second-order valence-corrected chi connectivity index (χ2v) is 10.5. The van der Waals surface area contributed by atoms with Crippen LogP contribution in [0, 0.1) is 0 Å². The fraction of sp³-hybridized carbons (Fsp3) is 0.429. The molecule has 8 heteroatoms. The highest BCUT2D eigenvalue weighted by Gasteiger charge is 2.34. The van der Waals surface area contributed by atoms with Crippen molar-refractivity contribution < 1.29 is 12.9 Å². The summed E-state index contributed by atoms with van der Waals surface area (Å²) in [6, 6.07) is 11.0. The summed E-state index contributed by atoms with van der Waals surface area (Å²) in [5, 5.41) is 5.97. The van der Waals surface area contributed by atoms with Gasteiger partial charge in [0.25, 0.3) is 0 Å². The van der Waals surface area contributed by atoms with Gasteiger partial charge in [-0.25, -0.2) is 8.42 Å². The quantitative estimate of drug-likeness (QED) is 0.523. The van der Waals surface area contributed by atoms with Crippen LogP contribution in [-0.4, -0.2) is 28.9 Å². The van der Waals surface area contributed by atoms with Crippen molar-refractivity contribution >= 4 is 21.4 Å². The Labute approximate surface area is 175 Å². The first kappa shape index (κ1) is 20.3. The maximum atomic E-state index is 13.5. The number of hydrogen-bond acceptors (Lipinski definition) is 6. The van der Waals surface area contributed by atoms with E-state index >= 15 is 0 Å². The fourth-order valence-corrected chi connectivity index (χ4v) is 6.00. The SMILES string of the molecule is CC(C)c1ccc(S(=O)(=O)N(Cc2nc(-c3cccs3)no2)C2CCCC2)cc1. The highest BCUT2D eigenvalue weighted by Crippen LogP contribution is 2.31. The second-order valence-electron chi connectivity index (χ2n) is 7.70. The van der Waals surface area contributed by atoms with Crippen LogP contribution in [0.15, 0.2) is 51.2 Å². The van der Waals surface area contributed by atoms with Gasteiger partial charge in [-0.1, -0.05) is 50.0 Å². The zero-order valence-corrected chi connectivity index (χ0v) is 18.2. The molecule has 1 fully saturated rings. The molecule has 3 aromatic rings. The topological polar surface area (TPSA) is 76.3 Å². The van der Waals surface area contributed by atoms with Crippen molar-refractivity contribution in [2.45, 2.75) is 62.9 Å². The van der Waals surface area contributed by atoms with Gasteiger partial charge >= 0.3 is 0 Å². The lowest BCUT2D eigenvalue weighted by Gasteiger charge is -2.26. The Morgan fingerprint density at radius 3 is 2.52 bits per heavy atom. The van der Waals surface area contributed by atoms with Crippen molar-refractivity contribution in [3.05, 3.63) is 53.2 Å². The first-order valence-corrected chi connectivity index (χ1v) is 12.3. The molecule has 0 radical (unpaired) electrons. The zero-order chi connectivity index (χ0) is 20.4. The van der Waals surface area contributed by atoms with Crippen molar-refractivity contribution in [2.75, 3.05) is 0 Å². The van der Waals surface area contributed by atoms with Gasteiger partial charge in [-0.05, 0) is 47.9 Å². The summed E-state index contributed by atoms with van der Waals surface area (Å²) >= 11 is 1.52. The average molecular weight is 432 g/mol. The predicted molar refractivity (Wildman–Crippen MR) is 113 cm³/mol. The smallest absolute Gasteiger partial charge is 0.243 e. The van der Waals surface area contributed by atoms with Crippen molar-refractivity contribution in [3.63, 3.8) is 0 Å². The van der Waals surface area contributed by atoms with Crippen LogP contribution < -0.4 is 0 Å². The van der Waals surface area contributed by atoms with Gasteiger partial charge in [-0.2, -0.15) is 9.29 Å². The van der Waals surface area contributed by atoms with E-state index in [4.69, 9.17) is 4.52 Å². The van der Waals surface area contributed by atoms with Gasteiger partial charge in [0, 0.05) is 6.04 Å². The van der Waals surface area contributed by atoms with E-state index in [1.54, 1.807) is 16.4 Å². The van der Waals surface area contributed by atoms with Gasteiger partial charge in [-0.3, -0.25) is 0 Å². The third kappa shape index (κ3) is 4.29. The molecular weight excluding hydrogens is 406 g/mol. The molecule has 2 aromatic heterocycles. The third-order valence-corrected chi connectivity index (χ3v) is 8.16. The molecule has 0 atom stereocenters. The van der Waals surface area contributed by atoms with Crippen molar-refractivity contribution in [2.24, 2.45) is 0 Å². The van der Waals surface area contributed by atoms with Crippen LogP contribution in [0.2, 0.25) is 0 Å². The van der Waals surface area contributed by atoms with E-state index < -0.39 is 10.0 Å². The van der Waals surface area contributed by atoms with E-state index in [2.05, 4.69) is 24.0 Å². The largest absolute Gasteiger partial charge is 0.337 e. The van der Waals surface area contributed by atoms with Gasteiger partial charge < -0.3 is 4.52 Å². The number of benzene rings is 1. The molecule has 1 aliphatic carbocycles. The summed E-state index contributed by atoms with van der Waals surface area (Å²) in [5.74, 6) is 1.18. The minimum absolute atomic E-state index is 0.0399. The zero-order valence-electron chi connectivity index (χ0n) is 16.6. The highest BCUT2D eigenvalue weighted by molar-refractivity contribution is 7.89. The molecule has 1 aliphatic rings. The predicted octanol–water partition coefficient (Wildman–Crippen LogP) is 5.06. The molecule has 0 amide bonds. The fourth-order valence-electron chi connectivity index (χ4n) is 3.72. The standard InChI is InChI=1S/C21H25N3O3S2/c1-15(2)16-9-11-18(12-10-16)29(25,26)24(17-6-3-4-7-17)14-20-22-21(23-27-20)19-8-5-13-28-19/h5,8-13,15,17H,3-4,6-7,14H2,1-2H3. The molecule has 0 spiro atoms. The van der Waals surface area contributed by atoms with Crippen molar-refractivity contribution in [1.29, 1.82) is 0 Å². The summed E-state index contributed by atoms with van der Waals surface area (Å²) in [7, 11) is -3.66. The molecule has 6 nitrogen and oxygen atoms in total. The third-order valence-electron chi connectivity index (χ3n) is 5.39. The minimum Gasteiger partial charge on any atom is -0.337 e. The molecule has 154 valence electrons. The number of nitrogens with zero attached hydrogens (tertiary/aromatic N) is 3. The van der Waals surface area contributed by atoms with Gasteiger partial charge in [-0.15, -0.1) is 11.3 Å². The molecule has 0 saturated heterocycles. The normalized spacial score (nSPS) is 15.6. The van der Waals surface area contributed by atoms with Gasteiger partial charge in [0.05, 0.1) is 16.3 Å². The maximum absolute atomic E-state index is 13.5. The summed E-state index contributed by atoms with van der Waals surface area (Å²) in [6.45, 7) is 4.28. The van der Waals surface area contributed by atoms with Crippen LogP contribution in [0.1, 0.15) is 56.9 Å². The molecule has 1 aromatic carbocycles. The molecule has 29 heavy (non-hydrogen) atoms. The molecule has 0 N–H and O–H groups in total. The highest BCUT2D eigenvalue weighted by atomic mass is 32.2. The van der Waals surface area contributed by atoms with Gasteiger partial charge in [0.15, 0.2) is 0 Å². The average Bonchev–Trinajstić information content (AvgIpc) is 3.48. The van der Waals surface area contributed by atoms with Crippen LogP contribution >= 0.6 is 11.3 Å². The lowest BCUT2D eigenvalue weighted by Crippen LogP contribution is -2.38. The van der Waals surface area contributed by atoms with Crippen molar-refractivity contribution in [3.8, 4) is 10.7 Å². The van der Waals surface area contributed by atoms with Crippen LogP contribution in [0.25, 0.3) is 10.7 Å². The second kappa shape index (κ2) is 8.38. The van der Waals surface area contributed by atoms with Crippen molar-refractivity contribution in [1.82, 2.24) is 14.4 Å². The Bertz CT molecular complexity index is 1040. The molecule has 4 rings (SSSR count). The van der Waals surface area contributed by atoms with E-state index in [-0.39, 0.29) is 12.6 Å². The number of hydrogen-bond donors (Lipinski definition) is 0. The molecule has 1 saturated carbocycles. The number of sulfonamides is 1. The molecular formula is C21H25N3O3S2. The Morgan fingerprint density at radius 2 is 1.90 bits per heavy atom. The van der Waals surface area contributed by atoms with E-state index in [0.29, 0.717) is 22.5 Å². The first-order chi connectivity index (χ1) is 13.9. The Balaban J connectivity index is 1.63. The first-order valence-electron chi connectivity index (χ1n) is 9.93. The number of thiophene rings is 1. The summed E-state index contributed by atoms with van der Waals surface area (Å²) < 4.78 is 33.9. The van der Waals surface area contributed by atoms with Crippen LogP contribution in [-0.2, 0) is 16.6 Å². The van der Waals surface area contributed by atoms with E-state index in [1.807, 2.05) is 29.6 Å². The molecule has 0 bridgehead atoms. The number of aromatic nitrogens is 2. The van der Waals surface area contributed by atoms with Crippen LogP contribution in [0.3, 0.4) is 0 Å². The Hall–Kier alpha value is -2.03. The minimum atomic E-state index is -3.66. The van der Waals surface area contributed by atoms with E-state index in [9.17, 15) is 8.42 Å². The molecule has 0 aliphatic heterocycles.